The second-order valence-corrected chi connectivity index (χ2v) is 5.52. The molecule has 1 aromatic heterocycles. The maximum Gasteiger partial charge on any atom is 0.128 e. The molecule has 1 saturated heterocycles. The van der Waals surface area contributed by atoms with E-state index in [0.717, 1.165) is 24.8 Å². The van der Waals surface area contributed by atoms with Gasteiger partial charge in [0.05, 0.1) is 0 Å². The van der Waals surface area contributed by atoms with Crippen molar-refractivity contribution < 1.29 is 0 Å². The first kappa shape index (κ1) is 14.3. The van der Waals surface area contributed by atoms with E-state index in [9.17, 15) is 0 Å². The lowest BCUT2D eigenvalue weighted by molar-refractivity contribution is 0.377. The van der Waals surface area contributed by atoms with Crippen LogP contribution in [0.15, 0.2) is 18.3 Å². The van der Waals surface area contributed by atoms with Crippen LogP contribution >= 0.6 is 0 Å². The van der Waals surface area contributed by atoms with Gasteiger partial charge < -0.3 is 10.2 Å². The van der Waals surface area contributed by atoms with Crippen molar-refractivity contribution in [3.8, 4) is 0 Å². The maximum atomic E-state index is 4.61. The highest BCUT2D eigenvalue weighted by atomic mass is 15.2. The van der Waals surface area contributed by atoms with Gasteiger partial charge in [0, 0.05) is 25.8 Å². The summed E-state index contributed by atoms with van der Waals surface area (Å²) in [5.74, 6) is 2.09. The van der Waals surface area contributed by atoms with Gasteiger partial charge in [-0.1, -0.05) is 32.8 Å². The number of anilines is 1. The van der Waals surface area contributed by atoms with E-state index < -0.39 is 0 Å². The summed E-state index contributed by atoms with van der Waals surface area (Å²) < 4.78 is 0. The fraction of sp³-hybridized carbons (Fsp3) is 0.688. The van der Waals surface area contributed by atoms with Crippen molar-refractivity contribution in [3.63, 3.8) is 0 Å². The Morgan fingerprint density at radius 3 is 2.63 bits per heavy atom. The summed E-state index contributed by atoms with van der Waals surface area (Å²) in [6, 6.07) is 4.37. The summed E-state index contributed by atoms with van der Waals surface area (Å²) in [5, 5.41) is 3.33. The third kappa shape index (κ3) is 4.20. The zero-order chi connectivity index (χ0) is 13.5. The quantitative estimate of drug-likeness (QED) is 0.852. The largest absolute Gasteiger partial charge is 0.357 e. The monoisotopic (exact) mass is 261 g/mol. The summed E-state index contributed by atoms with van der Waals surface area (Å²) in [6.07, 6.45) is 7.38. The highest BCUT2D eigenvalue weighted by molar-refractivity contribution is 5.39. The van der Waals surface area contributed by atoms with Crippen LogP contribution in [0.2, 0.25) is 0 Å². The van der Waals surface area contributed by atoms with E-state index >= 15 is 0 Å². The van der Waals surface area contributed by atoms with Gasteiger partial charge in [0.15, 0.2) is 0 Å². The molecule has 0 bridgehead atoms. The van der Waals surface area contributed by atoms with E-state index in [-0.39, 0.29) is 0 Å². The second kappa shape index (κ2) is 7.49. The van der Waals surface area contributed by atoms with E-state index in [1.165, 1.54) is 44.3 Å². The Balaban J connectivity index is 1.85. The van der Waals surface area contributed by atoms with Crippen molar-refractivity contribution in [2.75, 3.05) is 24.5 Å². The average Bonchev–Trinajstić information content (AvgIpc) is 2.47. The molecule has 19 heavy (non-hydrogen) atoms. The minimum Gasteiger partial charge on any atom is -0.357 e. The number of nitrogens with one attached hydrogen (secondary N) is 1. The van der Waals surface area contributed by atoms with Crippen LogP contribution in [0, 0.1) is 5.92 Å². The molecule has 0 amide bonds. The summed E-state index contributed by atoms with van der Waals surface area (Å²) in [6.45, 7) is 8.68. The first-order valence-electron chi connectivity index (χ1n) is 7.74. The number of nitrogens with zero attached hydrogens (tertiary/aromatic N) is 2. The Morgan fingerprint density at radius 2 is 2.05 bits per heavy atom. The van der Waals surface area contributed by atoms with Gasteiger partial charge in [-0.25, -0.2) is 4.98 Å². The van der Waals surface area contributed by atoms with Crippen molar-refractivity contribution in [1.29, 1.82) is 0 Å². The van der Waals surface area contributed by atoms with Crippen molar-refractivity contribution in [1.82, 2.24) is 10.3 Å². The molecule has 0 aliphatic carbocycles. The first-order valence-corrected chi connectivity index (χ1v) is 7.74. The van der Waals surface area contributed by atoms with Gasteiger partial charge in [0.25, 0.3) is 0 Å². The molecule has 3 heteroatoms. The Kier molecular flexibility index (Phi) is 5.64. The molecular weight excluding hydrogens is 234 g/mol. The minimum absolute atomic E-state index is 0.919. The van der Waals surface area contributed by atoms with Crippen molar-refractivity contribution >= 4 is 5.82 Å². The van der Waals surface area contributed by atoms with Crippen LogP contribution in [0.25, 0.3) is 0 Å². The van der Waals surface area contributed by atoms with Crippen molar-refractivity contribution in [2.45, 2.75) is 46.1 Å². The number of aromatic nitrogens is 1. The number of pyridine rings is 1. The molecule has 0 atom stereocenters. The molecule has 1 aliphatic heterocycles. The van der Waals surface area contributed by atoms with Crippen LogP contribution in [0.3, 0.4) is 0 Å². The van der Waals surface area contributed by atoms with E-state index in [0.29, 0.717) is 0 Å². The maximum absolute atomic E-state index is 4.61. The van der Waals surface area contributed by atoms with E-state index in [4.69, 9.17) is 0 Å². The molecule has 3 nitrogen and oxygen atoms in total. The summed E-state index contributed by atoms with van der Waals surface area (Å²) in [4.78, 5) is 7.05. The SMILES string of the molecule is CCCC1CCN(c2ccc(CNCC)cn2)CC1. The van der Waals surface area contributed by atoms with Crippen LogP contribution in [0.4, 0.5) is 5.82 Å². The van der Waals surface area contributed by atoms with Gasteiger partial charge in [-0.05, 0) is 36.9 Å². The van der Waals surface area contributed by atoms with Crippen LogP contribution in [-0.4, -0.2) is 24.6 Å². The Labute approximate surface area is 117 Å². The Hall–Kier alpha value is -1.09. The molecule has 0 unspecified atom stereocenters. The molecule has 0 aromatic carbocycles. The molecule has 0 radical (unpaired) electrons. The molecule has 1 aliphatic rings. The lowest BCUT2D eigenvalue weighted by Crippen LogP contribution is -2.34. The van der Waals surface area contributed by atoms with Gasteiger partial charge in [-0.3, -0.25) is 0 Å². The smallest absolute Gasteiger partial charge is 0.128 e. The molecule has 0 saturated carbocycles. The lowest BCUT2D eigenvalue weighted by Gasteiger charge is -2.32. The van der Waals surface area contributed by atoms with Crippen LogP contribution in [0.1, 0.15) is 45.1 Å². The second-order valence-electron chi connectivity index (χ2n) is 5.52. The molecule has 2 heterocycles. The minimum atomic E-state index is 0.919. The van der Waals surface area contributed by atoms with Crippen LogP contribution < -0.4 is 10.2 Å². The molecule has 2 rings (SSSR count). The standard InChI is InChI=1S/C16H27N3/c1-3-5-14-8-10-19(11-9-14)16-7-6-15(13-18-16)12-17-4-2/h6-7,13-14,17H,3-5,8-12H2,1-2H3. The van der Waals surface area contributed by atoms with Gasteiger partial charge in [0.1, 0.15) is 5.82 Å². The van der Waals surface area contributed by atoms with Gasteiger partial charge in [-0.15, -0.1) is 0 Å². The Bertz CT molecular complexity index is 353. The van der Waals surface area contributed by atoms with Gasteiger partial charge in [0.2, 0.25) is 0 Å². The molecule has 1 N–H and O–H groups in total. The topological polar surface area (TPSA) is 28.2 Å². The van der Waals surface area contributed by atoms with Crippen LogP contribution in [0.5, 0.6) is 0 Å². The summed E-state index contributed by atoms with van der Waals surface area (Å²) in [7, 11) is 0. The fourth-order valence-corrected chi connectivity index (χ4v) is 2.84. The highest BCUT2D eigenvalue weighted by Crippen LogP contribution is 2.24. The number of piperidine rings is 1. The Morgan fingerprint density at radius 1 is 1.26 bits per heavy atom. The van der Waals surface area contributed by atoms with Gasteiger partial charge >= 0.3 is 0 Å². The lowest BCUT2D eigenvalue weighted by atomic mass is 9.92. The van der Waals surface area contributed by atoms with Crippen molar-refractivity contribution in [3.05, 3.63) is 23.9 Å². The number of hydrogen-bond donors (Lipinski definition) is 1. The van der Waals surface area contributed by atoms with E-state index in [1.807, 2.05) is 6.20 Å². The predicted octanol–water partition coefficient (Wildman–Crippen LogP) is 3.21. The summed E-state index contributed by atoms with van der Waals surface area (Å²) in [5.41, 5.74) is 1.27. The first-order chi connectivity index (χ1) is 9.33. The van der Waals surface area contributed by atoms with Crippen molar-refractivity contribution in [2.24, 2.45) is 5.92 Å². The zero-order valence-corrected chi connectivity index (χ0v) is 12.4. The zero-order valence-electron chi connectivity index (χ0n) is 12.4. The van der Waals surface area contributed by atoms with E-state index in [2.05, 4.69) is 41.2 Å². The predicted molar refractivity (Wildman–Crippen MR) is 81.5 cm³/mol. The molecular formula is C16H27N3. The fourth-order valence-electron chi connectivity index (χ4n) is 2.84. The third-order valence-corrected chi connectivity index (χ3v) is 4.02. The van der Waals surface area contributed by atoms with Gasteiger partial charge in [-0.2, -0.15) is 0 Å². The molecule has 1 aromatic rings. The highest BCUT2D eigenvalue weighted by Gasteiger charge is 2.19. The van der Waals surface area contributed by atoms with Crippen LogP contribution in [-0.2, 0) is 6.54 Å². The average molecular weight is 261 g/mol. The molecule has 106 valence electrons. The third-order valence-electron chi connectivity index (χ3n) is 4.02. The normalized spacial score (nSPS) is 16.8. The molecule has 1 fully saturated rings. The summed E-state index contributed by atoms with van der Waals surface area (Å²) >= 11 is 0. The van der Waals surface area contributed by atoms with E-state index in [1.54, 1.807) is 0 Å². The number of rotatable bonds is 6. The molecule has 0 spiro atoms. The number of hydrogen-bond acceptors (Lipinski definition) is 3.